The molecule has 0 saturated heterocycles. The molecule has 0 atom stereocenters. The maximum atomic E-state index is 11.8. The minimum atomic E-state index is -0.200. The lowest BCUT2D eigenvalue weighted by molar-refractivity contribution is -0.129. The summed E-state index contributed by atoms with van der Waals surface area (Å²) >= 11 is 0. The molecule has 0 aromatic heterocycles. The molecule has 0 aliphatic heterocycles. The highest BCUT2D eigenvalue weighted by molar-refractivity contribution is 5.85. The van der Waals surface area contributed by atoms with Gasteiger partial charge in [0.15, 0.2) is 0 Å². The summed E-state index contributed by atoms with van der Waals surface area (Å²) in [7, 11) is 0. The molecule has 1 fully saturated rings. The predicted molar refractivity (Wildman–Crippen MR) is 56.0 cm³/mol. The fourth-order valence-electron chi connectivity index (χ4n) is 1.33. The van der Waals surface area contributed by atoms with Crippen LogP contribution < -0.4 is 5.32 Å². The minimum Gasteiger partial charge on any atom is -0.378 e. The molecule has 1 aliphatic carbocycles. The van der Waals surface area contributed by atoms with Crippen molar-refractivity contribution in [1.82, 2.24) is 5.32 Å². The zero-order chi connectivity index (χ0) is 10.8. The van der Waals surface area contributed by atoms with E-state index in [2.05, 4.69) is 5.32 Å². The van der Waals surface area contributed by atoms with Crippen LogP contribution in [0.2, 0.25) is 0 Å². The summed E-state index contributed by atoms with van der Waals surface area (Å²) in [4.78, 5) is 11.8. The summed E-state index contributed by atoms with van der Waals surface area (Å²) in [6, 6.07) is 0.221. The predicted octanol–water partition coefficient (Wildman–Crippen LogP) is 1.72. The maximum absolute atomic E-state index is 11.8. The fourth-order valence-corrected chi connectivity index (χ4v) is 1.33. The zero-order valence-corrected chi connectivity index (χ0v) is 9.59. The van der Waals surface area contributed by atoms with Crippen LogP contribution in [0, 0.1) is 5.41 Å². The first-order valence-electron chi connectivity index (χ1n) is 5.39. The molecule has 82 valence electrons. The molecule has 1 amide bonds. The highest BCUT2D eigenvalue weighted by atomic mass is 16.5. The summed E-state index contributed by atoms with van der Waals surface area (Å²) < 4.78 is 5.51. The third-order valence-electron chi connectivity index (χ3n) is 2.45. The van der Waals surface area contributed by atoms with Crippen molar-refractivity contribution >= 4 is 5.91 Å². The Bertz CT molecular complexity index is 207. The molecule has 0 heterocycles. The number of hydrogen-bond donors (Lipinski definition) is 1. The second kappa shape index (κ2) is 4.30. The van der Waals surface area contributed by atoms with Gasteiger partial charge in [-0.15, -0.1) is 0 Å². The quantitative estimate of drug-likeness (QED) is 0.732. The fraction of sp³-hybridized carbons (Fsp3) is 0.909. The van der Waals surface area contributed by atoms with E-state index in [-0.39, 0.29) is 23.5 Å². The molecule has 0 spiro atoms. The van der Waals surface area contributed by atoms with Crippen LogP contribution in [0.15, 0.2) is 0 Å². The van der Waals surface area contributed by atoms with Crippen LogP contribution in [0.3, 0.4) is 0 Å². The number of amides is 1. The van der Waals surface area contributed by atoms with E-state index in [9.17, 15) is 4.79 Å². The Hall–Kier alpha value is -0.570. The molecule has 14 heavy (non-hydrogen) atoms. The highest BCUT2D eigenvalue weighted by Gasteiger charge is 2.50. The van der Waals surface area contributed by atoms with Crippen LogP contribution in [-0.4, -0.2) is 24.7 Å². The molecule has 0 unspecified atom stereocenters. The second-order valence-corrected chi connectivity index (χ2v) is 4.77. The first-order chi connectivity index (χ1) is 6.46. The monoisotopic (exact) mass is 199 g/mol. The number of carbonyl (C=O) groups excluding carboxylic acids is 1. The van der Waals surface area contributed by atoms with Crippen molar-refractivity contribution < 1.29 is 9.53 Å². The third-order valence-corrected chi connectivity index (χ3v) is 2.45. The van der Waals surface area contributed by atoms with Gasteiger partial charge in [0.1, 0.15) is 0 Å². The van der Waals surface area contributed by atoms with Crippen molar-refractivity contribution in [2.24, 2.45) is 5.41 Å². The Morgan fingerprint density at radius 2 is 1.93 bits per heavy atom. The first-order valence-corrected chi connectivity index (χ1v) is 5.39. The maximum Gasteiger partial charge on any atom is 0.228 e. The highest BCUT2D eigenvalue weighted by Crippen LogP contribution is 2.46. The smallest absolute Gasteiger partial charge is 0.228 e. The van der Waals surface area contributed by atoms with Gasteiger partial charge in [-0.3, -0.25) is 4.79 Å². The van der Waals surface area contributed by atoms with E-state index in [0.29, 0.717) is 6.61 Å². The van der Waals surface area contributed by atoms with Crippen molar-refractivity contribution in [2.45, 2.75) is 52.7 Å². The molecule has 1 rings (SSSR count). The molecule has 1 N–H and O–H groups in total. The van der Waals surface area contributed by atoms with Gasteiger partial charge in [-0.1, -0.05) is 0 Å². The van der Waals surface area contributed by atoms with E-state index in [1.54, 1.807) is 0 Å². The summed E-state index contributed by atoms with van der Waals surface area (Å²) in [5.74, 6) is 0.160. The lowest BCUT2D eigenvalue weighted by Gasteiger charge is -2.18. The van der Waals surface area contributed by atoms with Crippen LogP contribution in [-0.2, 0) is 9.53 Å². The van der Waals surface area contributed by atoms with Crippen LogP contribution >= 0.6 is 0 Å². The molecule has 0 aromatic rings. The van der Waals surface area contributed by atoms with Crippen molar-refractivity contribution in [3.8, 4) is 0 Å². The SMILES string of the molecule is CC(C)NC(=O)C1(COC(C)C)CC1. The number of carbonyl (C=O) groups is 1. The van der Waals surface area contributed by atoms with Crippen molar-refractivity contribution in [3.05, 3.63) is 0 Å². The molecule has 0 aromatic carbocycles. The lowest BCUT2D eigenvalue weighted by atomic mass is 10.1. The molecular weight excluding hydrogens is 178 g/mol. The van der Waals surface area contributed by atoms with Crippen LogP contribution in [0.25, 0.3) is 0 Å². The number of hydrogen-bond acceptors (Lipinski definition) is 2. The minimum absolute atomic E-state index is 0.160. The van der Waals surface area contributed by atoms with Gasteiger partial charge in [0, 0.05) is 6.04 Å². The second-order valence-electron chi connectivity index (χ2n) is 4.77. The molecular formula is C11H21NO2. The van der Waals surface area contributed by atoms with E-state index in [1.165, 1.54) is 0 Å². The van der Waals surface area contributed by atoms with Gasteiger partial charge in [-0.25, -0.2) is 0 Å². The van der Waals surface area contributed by atoms with Crippen LogP contribution in [0.4, 0.5) is 0 Å². The Kier molecular flexibility index (Phi) is 3.53. The average Bonchev–Trinajstić information content (AvgIpc) is 2.80. The van der Waals surface area contributed by atoms with E-state index >= 15 is 0 Å². The normalized spacial score (nSPS) is 18.7. The summed E-state index contributed by atoms with van der Waals surface area (Å²) in [5.41, 5.74) is -0.200. The average molecular weight is 199 g/mol. The molecule has 0 radical (unpaired) electrons. The van der Waals surface area contributed by atoms with Crippen LogP contribution in [0.1, 0.15) is 40.5 Å². The third kappa shape index (κ3) is 2.98. The van der Waals surface area contributed by atoms with E-state index in [1.807, 2.05) is 27.7 Å². The van der Waals surface area contributed by atoms with E-state index in [0.717, 1.165) is 12.8 Å². The molecule has 0 bridgehead atoms. The van der Waals surface area contributed by atoms with Gasteiger partial charge >= 0.3 is 0 Å². The zero-order valence-electron chi connectivity index (χ0n) is 9.59. The first kappa shape index (κ1) is 11.5. The van der Waals surface area contributed by atoms with Gasteiger partial charge in [0.2, 0.25) is 5.91 Å². The Balaban J connectivity index is 2.37. The summed E-state index contributed by atoms with van der Waals surface area (Å²) in [5, 5.41) is 2.95. The molecule has 1 saturated carbocycles. The summed E-state index contributed by atoms with van der Waals surface area (Å²) in [6.45, 7) is 8.53. The largest absolute Gasteiger partial charge is 0.378 e. The number of rotatable bonds is 5. The van der Waals surface area contributed by atoms with Gasteiger partial charge in [0.25, 0.3) is 0 Å². The molecule has 3 nitrogen and oxygen atoms in total. The molecule has 1 aliphatic rings. The standard InChI is InChI=1S/C11H21NO2/c1-8(2)12-10(13)11(5-6-11)7-14-9(3)4/h8-9H,5-7H2,1-4H3,(H,12,13). The topological polar surface area (TPSA) is 38.3 Å². The van der Waals surface area contributed by atoms with E-state index in [4.69, 9.17) is 4.74 Å². The van der Waals surface area contributed by atoms with Crippen LogP contribution in [0.5, 0.6) is 0 Å². The summed E-state index contributed by atoms with van der Waals surface area (Å²) in [6.07, 6.45) is 2.15. The Labute approximate surface area is 86.2 Å². The van der Waals surface area contributed by atoms with Gasteiger partial charge in [0.05, 0.1) is 18.1 Å². The van der Waals surface area contributed by atoms with Crippen molar-refractivity contribution in [2.75, 3.05) is 6.61 Å². The molecule has 3 heteroatoms. The lowest BCUT2D eigenvalue weighted by Crippen LogP contribution is -2.39. The Morgan fingerprint density at radius 1 is 1.36 bits per heavy atom. The van der Waals surface area contributed by atoms with Gasteiger partial charge in [-0.2, -0.15) is 0 Å². The number of ether oxygens (including phenoxy) is 1. The van der Waals surface area contributed by atoms with Gasteiger partial charge < -0.3 is 10.1 Å². The van der Waals surface area contributed by atoms with Crippen molar-refractivity contribution in [3.63, 3.8) is 0 Å². The van der Waals surface area contributed by atoms with Crippen molar-refractivity contribution in [1.29, 1.82) is 0 Å². The van der Waals surface area contributed by atoms with Gasteiger partial charge in [-0.05, 0) is 40.5 Å². The van der Waals surface area contributed by atoms with E-state index < -0.39 is 0 Å². The Morgan fingerprint density at radius 3 is 2.29 bits per heavy atom. The number of nitrogens with one attached hydrogen (secondary N) is 1.